The lowest BCUT2D eigenvalue weighted by molar-refractivity contribution is -0.385. The van der Waals surface area contributed by atoms with E-state index in [9.17, 15) is 30.3 Å². The van der Waals surface area contributed by atoms with Crippen LogP contribution < -0.4 is 5.32 Å². The monoisotopic (exact) mass is 433 g/mol. The molecule has 0 heterocycles. The fraction of sp³-hybridized carbons (Fsp3) is 0. The van der Waals surface area contributed by atoms with E-state index in [0.29, 0.717) is 22.6 Å². The third-order valence-electron chi connectivity index (χ3n) is 4.27. The minimum Gasteiger partial charge on any atom is -0.355 e. The standard InChI is InChI=1S/C21H15N5O6/c27-24(28)18-7-1-15(2-8-18)21(23-17-5-11-20(12-6-17)26(31)32)13-14-22-16-3-9-19(10-4-16)25(29)30/h1-14,23H/b21-13-,22-14?. The highest BCUT2D eigenvalue weighted by molar-refractivity contribution is 5.90. The van der Waals surface area contributed by atoms with Crippen LogP contribution >= 0.6 is 0 Å². The minimum atomic E-state index is -0.507. The average molecular weight is 433 g/mol. The summed E-state index contributed by atoms with van der Waals surface area (Å²) in [6, 6.07) is 17.3. The molecule has 0 spiro atoms. The number of rotatable bonds is 8. The number of nitrogens with one attached hydrogen (secondary N) is 1. The van der Waals surface area contributed by atoms with E-state index in [-0.39, 0.29) is 17.1 Å². The van der Waals surface area contributed by atoms with Gasteiger partial charge in [0.25, 0.3) is 17.1 Å². The Bertz CT molecular complexity index is 1200. The maximum absolute atomic E-state index is 10.9. The number of aliphatic imine (C=N–C) groups is 1. The van der Waals surface area contributed by atoms with Gasteiger partial charge in [0.1, 0.15) is 0 Å². The van der Waals surface area contributed by atoms with Crippen molar-refractivity contribution < 1.29 is 14.8 Å². The van der Waals surface area contributed by atoms with Gasteiger partial charge in [-0.2, -0.15) is 0 Å². The Morgan fingerprint density at radius 2 is 1.12 bits per heavy atom. The van der Waals surface area contributed by atoms with E-state index < -0.39 is 14.8 Å². The van der Waals surface area contributed by atoms with Gasteiger partial charge in [0.2, 0.25) is 0 Å². The molecular formula is C21H15N5O6. The highest BCUT2D eigenvalue weighted by Gasteiger charge is 2.09. The Balaban J connectivity index is 1.88. The number of non-ortho nitro benzene ring substituents is 3. The summed E-state index contributed by atoms with van der Waals surface area (Å²) in [5, 5.41) is 35.6. The molecule has 0 radical (unpaired) electrons. The summed E-state index contributed by atoms with van der Waals surface area (Å²) >= 11 is 0. The zero-order valence-electron chi connectivity index (χ0n) is 16.3. The molecule has 3 aromatic rings. The van der Waals surface area contributed by atoms with E-state index in [1.54, 1.807) is 18.2 Å². The quantitative estimate of drug-likeness (QED) is 0.288. The van der Waals surface area contributed by atoms with Gasteiger partial charge in [-0.25, -0.2) is 0 Å². The molecule has 11 heteroatoms. The molecule has 0 aliphatic carbocycles. The predicted octanol–water partition coefficient (Wildman–Crippen LogP) is 5.27. The maximum atomic E-state index is 10.9. The topological polar surface area (TPSA) is 154 Å². The van der Waals surface area contributed by atoms with Gasteiger partial charge < -0.3 is 5.32 Å². The smallest absolute Gasteiger partial charge is 0.269 e. The zero-order chi connectivity index (χ0) is 23.1. The van der Waals surface area contributed by atoms with E-state index in [1.165, 1.54) is 66.9 Å². The van der Waals surface area contributed by atoms with Gasteiger partial charge in [0.15, 0.2) is 0 Å². The molecule has 0 aliphatic heterocycles. The van der Waals surface area contributed by atoms with E-state index in [1.807, 2.05) is 0 Å². The number of benzene rings is 3. The molecule has 0 aromatic heterocycles. The molecule has 0 saturated carbocycles. The van der Waals surface area contributed by atoms with Crippen LogP contribution in [0.5, 0.6) is 0 Å². The Hall–Kier alpha value is -4.93. The molecule has 0 saturated heterocycles. The highest BCUT2D eigenvalue weighted by atomic mass is 16.6. The molecule has 0 atom stereocenters. The van der Waals surface area contributed by atoms with Crippen molar-refractivity contribution in [3.63, 3.8) is 0 Å². The average Bonchev–Trinajstić information content (AvgIpc) is 2.79. The molecule has 3 aromatic carbocycles. The van der Waals surface area contributed by atoms with E-state index in [0.717, 1.165) is 0 Å². The number of nitro groups is 3. The molecule has 11 nitrogen and oxygen atoms in total. The normalized spacial score (nSPS) is 11.3. The third-order valence-corrected chi connectivity index (χ3v) is 4.27. The van der Waals surface area contributed by atoms with Gasteiger partial charge in [-0.15, -0.1) is 0 Å². The number of anilines is 1. The number of hydrogen-bond acceptors (Lipinski definition) is 8. The Kier molecular flexibility index (Phi) is 6.61. The maximum Gasteiger partial charge on any atom is 0.269 e. The summed E-state index contributed by atoms with van der Waals surface area (Å²) in [6.45, 7) is 0. The van der Waals surface area contributed by atoms with Gasteiger partial charge in [-0.1, -0.05) is 0 Å². The van der Waals surface area contributed by atoms with Crippen molar-refractivity contribution in [2.45, 2.75) is 0 Å². The number of hydrogen-bond donors (Lipinski definition) is 1. The number of allylic oxidation sites excluding steroid dienone is 1. The summed E-state index contributed by atoms with van der Waals surface area (Å²) in [7, 11) is 0. The van der Waals surface area contributed by atoms with Crippen molar-refractivity contribution in [2.75, 3.05) is 5.32 Å². The zero-order valence-corrected chi connectivity index (χ0v) is 16.3. The highest BCUT2D eigenvalue weighted by Crippen LogP contribution is 2.23. The van der Waals surface area contributed by atoms with Crippen molar-refractivity contribution in [2.24, 2.45) is 4.99 Å². The number of nitro benzene ring substituents is 3. The lowest BCUT2D eigenvalue weighted by Crippen LogP contribution is -2.00. The third kappa shape index (κ3) is 5.57. The van der Waals surface area contributed by atoms with Crippen molar-refractivity contribution in [1.29, 1.82) is 0 Å². The van der Waals surface area contributed by atoms with Crippen molar-refractivity contribution in [3.8, 4) is 0 Å². The minimum absolute atomic E-state index is 0.0501. The van der Waals surface area contributed by atoms with Gasteiger partial charge in [0.05, 0.1) is 20.5 Å². The summed E-state index contributed by atoms with van der Waals surface area (Å²) in [5.74, 6) is 0. The van der Waals surface area contributed by atoms with Crippen LogP contribution in [0.25, 0.3) is 5.70 Å². The number of nitrogens with zero attached hydrogens (tertiary/aromatic N) is 4. The molecule has 160 valence electrons. The first-order chi connectivity index (χ1) is 15.3. The second-order valence-electron chi connectivity index (χ2n) is 6.36. The first kappa shape index (κ1) is 21.8. The van der Waals surface area contributed by atoms with Gasteiger partial charge in [-0.3, -0.25) is 35.3 Å². The molecular weight excluding hydrogens is 418 g/mol. The predicted molar refractivity (Wildman–Crippen MR) is 119 cm³/mol. The van der Waals surface area contributed by atoms with Crippen molar-refractivity contribution in [1.82, 2.24) is 0 Å². The molecule has 0 unspecified atom stereocenters. The van der Waals surface area contributed by atoms with Crippen LogP contribution in [0.4, 0.5) is 28.4 Å². The fourth-order valence-corrected chi connectivity index (χ4v) is 2.65. The lowest BCUT2D eigenvalue weighted by Gasteiger charge is -2.11. The molecule has 32 heavy (non-hydrogen) atoms. The van der Waals surface area contributed by atoms with Crippen LogP contribution in [-0.4, -0.2) is 21.0 Å². The van der Waals surface area contributed by atoms with Gasteiger partial charge in [0, 0.05) is 54.0 Å². The van der Waals surface area contributed by atoms with E-state index in [2.05, 4.69) is 10.3 Å². The molecule has 0 fully saturated rings. The Morgan fingerprint density at radius 3 is 1.59 bits per heavy atom. The van der Waals surface area contributed by atoms with Crippen molar-refractivity contribution >= 4 is 40.3 Å². The van der Waals surface area contributed by atoms with Crippen LogP contribution in [-0.2, 0) is 0 Å². The molecule has 0 bridgehead atoms. The molecule has 0 aliphatic rings. The summed E-state index contributed by atoms with van der Waals surface area (Å²) in [5.41, 5.74) is 2.02. The second kappa shape index (κ2) is 9.71. The summed E-state index contributed by atoms with van der Waals surface area (Å²) in [4.78, 5) is 35.2. The fourth-order valence-electron chi connectivity index (χ4n) is 2.65. The van der Waals surface area contributed by atoms with Gasteiger partial charge in [-0.05, 0) is 48.0 Å². The largest absolute Gasteiger partial charge is 0.355 e. The first-order valence-corrected chi connectivity index (χ1v) is 9.08. The molecule has 1 N–H and O–H groups in total. The van der Waals surface area contributed by atoms with Crippen LogP contribution in [0.3, 0.4) is 0 Å². The Morgan fingerprint density at radius 1 is 0.688 bits per heavy atom. The summed E-state index contributed by atoms with van der Waals surface area (Å²) in [6.07, 6.45) is 3.08. The van der Waals surface area contributed by atoms with E-state index in [4.69, 9.17) is 0 Å². The molecule has 0 amide bonds. The lowest BCUT2D eigenvalue weighted by atomic mass is 10.1. The van der Waals surface area contributed by atoms with Gasteiger partial charge >= 0.3 is 0 Å². The Labute approximate surface area is 180 Å². The molecule has 3 rings (SSSR count). The SMILES string of the molecule is O=[N+]([O-])c1ccc(N=C/C=C(\Nc2ccc([N+](=O)[O-])cc2)c2ccc([N+](=O)[O-])cc2)cc1. The van der Waals surface area contributed by atoms with Crippen LogP contribution in [0.2, 0.25) is 0 Å². The first-order valence-electron chi connectivity index (χ1n) is 9.08. The summed E-state index contributed by atoms with van der Waals surface area (Å²) < 4.78 is 0. The van der Waals surface area contributed by atoms with Crippen LogP contribution in [0, 0.1) is 30.3 Å². The second-order valence-corrected chi connectivity index (χ2v) is 6.36. The van der Waals surface area contributed by atoms with E-state index >= 15 is 0 Å². The van der Waals surface area contributed by atoms with Crippen LogP contribution in [0.15, 0.2) is 83.9 Å². The van der Waals surface area contributed by atoms with Crippen LogP contribution in [0.1, 0.15) is 5.56 Å². The van der Waals surface area contributed by atoms with Crippen molar-refractivity contribution in [3.05, 3.63) is 115 Å².